The third-order valence-corrected chi connectivity index (χ3v) is 2.86. The van der Waals surface area contributed by atoms with E-state index in [0.717, 1.165) is 44.9 Å². The van der Waals surface area contributed by atoms with Crippen molar-refractivity contribution in [1.82, 2.24) is 5.32 Å². The lowest BCUT2D eigenvalue weighted by Gasteiger charge is -2.22. The van der Waals surface area contributed by atoms with Crippen molar-refractivity contribution in [2.24, 2.45) is 0 Å². The molecule has 2 N–H and O–H groups in total. The second-order valence-electron chi connectivity index (χ2n) is 4.47. The van der Waals surface area contributed by atoms with Crippen molar-refractivity contribution in [2.45, 2.75) is 77.8 Å². The van der Waals surface area contributed by atoms with Crippen LogP contribution in [-0.2, 0) is 4.79 Å². The molecule has 0 aromatic heterocycles. The van der Waals surface area contributed by atoms with Crippen molar-refractivity contribution < 1.29 is 9.90 Å². The summed E-state index contributed by atoms with van der Waals surface area (Å²) in [6.45, 7) is 6.38. The van der Waals surface area contributed by atoms with Gasteiger partial charge in [0.2, 0.25) is 0 Å². The Morgan fingerprint density at radius 3 is 2.00 bits per heavy atom. The zero-order chi connectivity index (χ0) is 12.4. The summed E-state index contributed by atoms with van der Waals surface area (Å²) in [6, 6.07) is 0.0102. The van der Waals surface area contributed by atoms with Gasteiger partial charge in [-0.1, -0.05) is 46.5 Å². The Morgan fingerprint density at radius 1 is 1.06 bits per heavy atom. The van der Waals surface area contributed by atoms with Crippen LogP contribution >= 0.6 is 0 Å². The predicted octanol–water partition coefficient (Wildman–Crippen LogP) is 3.19. The minimum absolute atomic E-state index is 0.358. The van der Waals surface area contributed by atoms with E-state index >= 15 is 0 Å². The van der Waals surface area contributed by atoms with Crippen LogP contribution in [0.25, 0.3) is 0 Å². The number of nitrogens with one attached hydrogen (secondary N) is 1. The minimum atomic E-state index is -0.703. The quantitative estimate of drug-likeness (QED) is 0.605. The molecular weight excluding hydrogens is 202 g/mol. The van der Waals surface area contributed by atoms with E-state index in [1.54, 1.807) is 0 Å². The Hall–Kier alpha value is -0.570. The maximum absolute atomic E-state index is 11.1. The lowest BCUT2D eigenvalue weighted by atomic mass is 10.0. The van der Waals surface area contributed by atoms with Crippen LogP contribution in [0.1, 0.15) is 65.7 Å². The molecule has 0 aliphatic carbocycles. The van der Waals surface area contributed by atoms with Gasteiger partial charge in [-0.25, -0.2) is 0 Å². The summed E-state index contributed by atoms with van der Waals surface area (Å²) in [5.74, 6) is -0.703. The third kappa shape index (κ3) is 6.83. The zero-order valence-electron chi connectivity index (χ0n) is 11.0. The van der Waals surface area contributed by atoms with Crippen molar-refractivity contribution >= 4 is 5.97 Å². The fourth-order valence-electron chi connectivity index (χ4n) is 1.98. The third-order valence-electron chi connectivity index (χ3n) is 2.86. The highest BCUT2D eigenvalue weighted by Gasteiger charge is 2.19. The van der Waals surface area contributed by atoms with Gasteiger partial charge in [-0.15, -0.1) is 0 Å². The molecule has 0 aromatic carbocycles. The average Bonchev–Trinajstić information content (AvgIpc) is 2.24. The number of hydrogen-bond acceptors (Lipinski definition) is 2. The van der Waals surface area contributed by atoms with Crippen LogP contribution in [0.5, 0.6) is 0 Å². The summed E-state index contributed by atoms with van der Waals surface area (Å²) in [6.07, 6.45) is 7.14. The molecular formula is C13H27NO2. The normalized spacial score (nSPS) is 13.0. The average molecular weight is 229 g/mol. The summed E-state index contributed by atoms with van der Waals surface area (Å²) in [5.41, 5.74) is 0. The number of carbonyl (C=O) groups is 1. The van der Waals surface area contributed by atoms with Gasteiger partial charge in [0, 0.05) is 6.04 Å². The smallest absolute Gasteiger partial charge is 0.320 e. The van der Waals surface area contributed by atoms with Gasteiger partial charge >= 0.3 is 5.97 Å². The second-order valence-corrected chi connectivity index (χ2v) is 4.47. The lowest BCUT2D eigenvalue weighted by Crippen LogP contribution is -2.43. The first-order chi connectivity index (χ1) is 7.65. The number of rotatable bonds is 10. The van der Waals surface area contributed by atoms with Crippen LogP contribution in [0.15, 0.2) is 0 Å². The number of carboxylic acids is 1. The van der Waals surface area contributed by atoms with Gasteiger partial charge in [0.1, 0.15) is 6.04 Å². The van der Waals surface area contributed by atoms with Gasteiger partial charge in [0.15, 0.2) is 0 Å². The van der Waals surface area contributed by atoms with Crippen LogP contribution in [0.3, 0.4) is 0 Å². The van der Waals surface area contributed by atoms with Crippen molar-refractivity contribution in [2.75, 3.05) is 0 Å². The van der Waals surface area contributed by atoms with Gasteiger partial charge < -0.3 is 10.4 Å². The van der Waals surface area contributed by atoms with Gasteiger partial charge in [-0.05, 0) is 19.3 Å². The maximum atomic E-state index is 11.1. The number of unbranched alkanes of at least 4 members (excludes halogenated alkanes) is 1. The summed E-state index contributed by atoms with van der Waals surface area (Å²) in [5, 5.41) is 12.4. The topological polar surface area (TPSA) is 49.3 Å². The van der Waals surface area contributed by atoms with Crippen LogP contribution in [0.4, 0.5) is 0 Å². The zero-order valence-corrected chi connectivity index (χ0v) is 11.0. The SMILES string of the molecule is CCCC[C@H](NC(CCC)CCC)C(=O)O. The van der Waals surface area contributed by atoms with Gasteiger partial charge in [0.05, 0.1) is 0 Å². The van der Waals surface area contributed by atoms with E-state index in [2.05, 4.69) is 26.1 Å². The molecule has 0 unspecified atom stereocenters. The van der Waals surface area contributed by atoms with Crippen molar-refractivity contribution in [3.05, 3.63) is 0 Å². The Morgan fingerprint density at radius 2 is 1.62 bits per heavy atom. The van der Waals surface area contributed by atoms with E-state index in [-0.39, 0.29) is 6.04 Å². The van der Waals surface area contributed by atoms with E-state index in [4.69, 9.17) is 5.11 Å². The summed E-state index contributed by atoms with van der Waals surface area (Å²) < 4.78 is 0. The molecule has 1 atom stereocenters. The second kappa shape index (κ2) is 9.64. The molecule has 0 amide bonds. The van der Waals surface area contributed by atoms with E-state index in [1.165, 1.54) is 0 Å². The molecule has 3 nitrogen and oxygen atoms in total. The standard InChI is InChI=1S/C13H27NO2/c1-4-7-10-12(13(15)16)14-11(8-5-2)9-6-3/h11-12,14H,4-10H2,1-3H3,(H,15,16)/t12-/m0/s1. The van der Waals surface area contributed by atoms with E-state index in [9.17, 15) is 4.79 Å². The van der Waals surface area contributed by atoms with Crippen LogP contribution in [0, 0.1) is 0 Å². The van der Waals surface area contributed by atoms with Crippen LogP contribution in [0.2, 0.25) is 0 Å². The molecule has 96 valence electrons. The molecule has 0 aromatic rings. The Labute approximate surface area is 99.6 Å². The summed E-state index contributed by atoms with van der Waals surface area (Å²) >= 11 is 0. The molecule has 0 aliphatic rings. The first-order valence-corrected chi connectivity index (χ1v) is 6.64. The largest absolute Gasteiger partial charge is 0.480 e. The molecule has 0 spiro atoms. The number of carboxylic acid groups (broad SMARTS) is 1. The Balaban J connectivity index is 4.14. The molecule has 0 aliphatic heterocycles. The fourth-order valence-corrected chi connectivity index (χ4v) is 1.98. The predicted molar refractivity (Wildman–Crippen MR) is 67.7 cm³/mol. The lowest BCUT2D eigenvalue weighted by molar-refractivity contribution is -0.140. The molecule has 0 bridgehead atoms. The first kappa shape index (κ1) is 15.4. The van der Waals surface area contributed by atoms with Crippen LogP contribution in [-0.4, -0.2) is 23.2 Å². The van der Waals surface area contributed by atoms with Crippen molar-refractivity contribution in [1.29, 1.82) is 0 Å². The molecule has 0 saturated carbocycles. The monoisotopic (exact) mass is 229 g/mol. The molecule has 16 heavy (non-hydrogen) atoms. The highest BCUT2D eigenvalue weighted by Crippen LogP contribution is 2.09. The first-order valence-electron chi connectivity index (χ1n) is 6.64. The van der Waals surface area contributed by atoms with Gasteiger partial charge in [0.25, 0.3) is 0 Å². The highest BCUT2D eigenvalue weighted by molar-refractivity contribution is 5.73. The van der Waals surface area contributed by atoms with Crippen molar-refractivity contribution in [3.63, 3.8) is 0 Å². The van der Waals surface area contributed by atoms with Gasteiger partial charge in [-0.2, -0.15) is 0 Å². The molecule has 0 radical (unpaired) electrons. The van der Waals surface area contributed by atoms with Gasteiger partial charge in [-0.3, -0.25) is 4.79 Å². The van der Waals surface area contributed by atoms with E-state index < -0.39 is 5.97 Å². The highest BCUT2D eigenvalue weighted by atomic mass is 16.4. The Bertz CT molecular complexity index is 177. The molecule has 3 heteroatoms. The van der Waals surface area contributed by atoms with Crippen LogP contribution < -0.4 is 5.32 Å². The van der Waals surface area contributed by atoms with Crippen molar-refractivity contribution in [3.8, 4) is 0 Å². The Kier molecular flexibility index (Phi) is 9.30. The fraction of sp³-hybridized carbons (Fsp3) is 0.923. The minimum Gasteiger partial charge on any atom is -0.480 e. The maximum Gasteiger partial charge on any atom is 0.320 e. The molecule has 0 heterocycles. The molecule has 0 saturated heterocycles. The number of aliphatic carboxylic acids is 1. The van der Waals surface area contributed by atoms with E-state index in [1.807, 2.05) is 0 Å². The van der Waals surface area contributed by atoms with E-state index in [0.29, 0.717) is 6.04 Å². The summed E-state index contributed by atoms with van der Waals surface area (Å²) in [4.78, 5) is 11.1. The summed E-state index contributed by atoms with van der Waals surface area (Å²) in [7, 11) is 0. The molecule has 0 fully saturated rings. The number of hydrogen-bond donors (Lipinski definition) is 2. The molecule has 0 rings (SSSR count).